The quantitative estimate of drug-likeness (QED) is 0.328. The molecule has 0 spiro atoms. The average molecular weight is 414 g/mol. The van der Waals surface area contributed by atoms with E-state index in [1.807, 2.05) is 44.2 Å². The highest BCUT2D eigenvalue weighted by Gasteiger charge is 2.30. The van der Waals surface area contributed by atoms with Crippen molar-refractivity contribution in [1.29, 1.82) is 0 Å². The van der Waals surface area contributed by atoms with Gasteiger partial charge in [0.05, 0.1) is 13.2 Å². The van der Waals surface area contributed by atoms with Crippen molar-refractivity contribution in [1.82, 2.24) is 5.32 Å². The molecule has 162 valence electrons. The fourth-order valence-electron chi connectivity index (χ4n) is 3.08. The molecule has 1 N–H and O–H groups in total. The highest BCUT2D eigenvalue weighted by molar-refractivity contribution is 6.03. The monoisotopic (exact) mass is 413 g/mol. The Labute approximate surface area is 178 Å². The van der Waals surface area contributed by atoms with Crippen LogP contribution in [0.4, 0.5) is 0 Å². The van der Waals surface area contributed by atoms with Crippen LogP contribution in [0.3, 0.4) is 0 Å². The van der Waals surface area contributed by atoms with Gasteiger partial charge in [0.15, 0.2) is 5.92 Å². The minimum absolute atomic E-state index is 0.150. The topological polar surface area (TPSA) is 73.9 Å². The van der Waals surface area contributed by atoms with Gasteiger partial charge < -0.3 is 19.5 Å². The predicted molar refractivity (Wildman–Crippen MR) is 116 cm³/mol. The highest BCUT2D eigenvalue weighted by atomic mass is 16.5. The molecule has 0 bridgehead atoms. The van der Waals surface area contributed by atoms with Crippen molar-refractivity contribution in [2.24, 2.45) is 0 Å². The minimum Gasteiger partial charge on any atom is -0.491 e. The maximum absolute atomic E-state index is 12.8. The molecule has 0 aliphatic carbocycles. The molecule has 6 nitrogen and oxygen atoms in total. The number of nitrogens with one attached hydrogen (secondary N) is 1. The number of ether oxygens (including phenoxy) is 3. The number of carbonyl (C=O) groups is 2. The van der Waals surface area contributed by atoms with Crippen LogP contribution in [0.15, 0.2) is 54.6 Å². The molecule has 2 aromatic carbocycles. The Hall–Kier alpha value is -2.86. The summed E-state index contributed by atoms with van der Waals surface area (Å²) in [6, 6.07) is 16.6. The molecular formula is C24H31NO5. The van der Waals surface area contributed by atoms with Gasteiger partial charge in [-0.15, -0.1) is 0 Å². The van der Waals surface area contributed by atoms with E-state index in [-0.39, 0.29) is 18.6 Å². The Bertz CT molecular complexity index is 776. The lowest BCUT2D eigenvalue weighted by atomic mass is 9.97. The summed E-state index contributed by atoms with van der Waals surface area (Å²) < 4.78 is 16.0. The van der Waals surface area contributed by atoms with E-state index in [4.69, 9.17) is 14.2 Å². The molecule has 30 heavy (non-hydrogen) atoms. The summed E-state index contributed by atoms with van der Waals surface area (Å²) in [4.78, 5) is 25.2. The lowest BCUT2D eigenvalue weighted by Gasteiger charge is -2.20. The van der Waals surface area contributed by atoms with Gasteiger partial charge >= 0.3 is 5.97 Å². The van der Waals surface area contributed by atoms with Gasteiger partial charge in [0.1, 0.15) is 12.4 Å². The third-order valence-electron chi connectivity index (χ3n) is 4.47. The van der Waals surface area contributed by atoms with Gasteiger partial charge in [-0.05, 0) is 50.5 Å². The first-order valence-corrected chi connectivity index (χ1v) is 10.4. The first kappa shape index (κ1) is 23.4. The molecule has 0 aliphatic heterocycles. The molecule has 0 aliphatic rings. The van der Waals surface area contributed by atoms with Crippen LogP contribution >= 0.6 is 0 Å². The van der Waals surface area contributed by atoms with Crippen LogP contribution in [-0.4, -0.2) is 44.3 Å². The highest BCUT2D eigenvalue weighted by Crippen LogP contribution is 2.19. The van der Waals surface area contributed by atoms with Crippen LogP contribution in [0, 0.1) is 0 Å². The van der Waals surface area contributed by atoms with Gasteiger partial charge in [-0.1, -0.05) is 42.5 Å². The standard InChI is InChI=1S/C24H31NO5/c1-4-28-15-16-30-21-13-11-19(12-14-21)17-18(3)25-23(26)22(24(27)29-5-2)20-9-7-6-8-10-20/h6-14,18,22H,4-5,15-17H2,1-3H3,(H,25,26)/t18-,22?/m1/s1. The van der Waals surface area contributed by atoms with Crippen molar-refractivity contribution in [3.05, 3.63) is 65.7 Å². The molecule has 0 aromatic heterocycles. The maximum atomic E-state index is 12.8. The van der Waals surface area contributed by atoms with Crippen LogP contribution in [-0.2, 0) is 25.5 Å². The molecule has 0 saturated heterocycles. The number of rotatable bonds is 12. The van der Waals surface area contributed by atoms with Crippen LogP contribution in [0.25, 0.3) is 0 Å². The zero-order chi connectivity index (χ0) is 21.8. The third-order valence-corrected chi connectivity index (χ3v) is 4.47. The van der Waals surface area contributed by atoms with E-state index in [9.17, 15) is 9.59 Å². The van der Waals surface area contributed by atoms with E-state index in [0.717, 1.165) is 11.3 Å². The van der Waals surface area contributed by atoms with Crippen LogP contribution in [0.2, 0.25) is 0 Å². The second-order valence-electron chi connectivity index (χ2n) is 6.90. The number of esters is 1. The van der Waals surface area contributed by atoms with Gasteiger partial charge in [-0.2, -0.15) is 0 Å². The van der Waals surface area contributed by atoms with Gasteiger partial charge in [-0.25, -0.2) is 0 Å². The van der Waals surface area contributed by atoms with Crippen molar-refractivity contribution < 1.29 is 23.8 Å². The molecule has 6 heteroatoms. The third kappa shape index (κ3) is 7.52. The summed E-state index contributed by atoms with van der Waals surface area (Å²) in [5.74, 6) is -1.10. The first-order chi connectivity index (χ1) is 14.5. The molecular weight excluding hydrogens is 382 g/mol. The molecule has 0 saturated carbocycles. The predicted octanol–water partition coefficient (Wildman–Crippen LogP) is 3.50. The largest absolute Gasteiger partial charge is 0.491 e. The fraction of sp³-hybridized carbons (Fsp3) is 0.417. The van der Waals surface area contributed by atoms with Crippen molar-refractivity contribution in [2.75, 3.05) is 26.4 Å². The minimum atomic E-state index is -0.977. The Morgan fingerprint density at radius 2 is 1.63 bits per heavy atom. The number of hydrogen-bond donors (Lipinski definition) is 1. The van der Waals surface area contributed by atoms with Gasteiger partial charge in [0.2, 0.25) is 5.91 Å². The Morgan fingerprint density at radius 3 is 2.27 bits per heavy atom. The molecule has 1 amide bonds. The van der Waals surface area contributed by atoms with Crippen molar-refractivity contribution in [2.45, 2.75) is 39.2 Å². The summed E-state index contributed by atoms with van der Waals surface area (Å²) in [5, 5.41) is 2.94. The van der Waals surface area contributed by atoms with E-state index >= 15 is 0 Å². The lowest BCUT2D eigenvalue weighted by molar-refractivity contribution is -0.148. The Kier molecular flexibility index (Phi) is 9.87. The summed E-state index contributed by atoms with van der Waals surface area (Å²) in [6.45, 7) is 7.56. The van der Waals surface area contributed by atoms with Gasteiger partial charge in [0.25, 0.3) is 0 Å². The number of benzene rings is 2. The average Bonchev–Trinajstić information content (AvgIpc) is 2.73. The Morgan fingerprint density at radius 1 is 0.933 bits per heavy atom. The van der Waals surface area contributed by atoms with E-state index in [2.05, 4.69) is 5.32 Å². The molecule has 2 aromatic rings. The van der Waals surface area contributed by atoms with E-state index in [1.165, 1.54) is 0 Å². The van der Waals surface area contributed by atoms with Crippen LogP contribution < -0.4 is 10.1 Å². The summed E-state index contributed by atoms with van der Waals surface area (Å²) >= 11 is 0. The van der Waals surface area contributed by atoms with E-state index < -0.39 is 11.9 Å². The zero-order valence-electron chi connectivity index (χ0n) is 17.9. The molecule has 2 rings (SSSR count). The zero-order valence-corrected chi connectivity index (χ0v) is 17.9. The van der Waals surface area contributed by atoms with Crippen LogP contribution in [0.1, 0.15) is 37.8 Å². The van der Waals surface area contributed by atoms with Crippen molar-refractivity contribution >= 4 is 11.9 Å². The second kappa shape index (κ2) is 12.6. The Balaban J connectivity index is 1.94. The van der Waals surface area contributed by atoms with Crippen molar-refractivity contribution in [3.8, 4) is 5.75 Å². The maximum Gasteiger partial charge on any atom is 0.323 e. The normalized spacial score (nSPS) is 12.6. The van der Waals surface area contributed by atoms with E-state index in [0.29, 0.717) is 31.8 Å². The van der Waals surface area contributed by atoms with Crippen LogP contribution in [0.5, 0.6) is 5.75 Å². The molecule has 1 unspecified atom stereocenters. The molecule has 0 heterocycles. The SMILES string of the molecule is CCOCCOc1ccc(C[C@@H](C)NC(=O)C(C(=O)OCC)c2ccccc2)cc1. The lowest BCUT2D eigenvalue weighted by Crippen LogP contribution is -2.40. The first-order valence-electron chi connectivity index (χ1n) is 10.4. The summed E-state index contributed by atoms with van der Waals surface area (Å²) in [5.41, 5.74) is 1.68. The van der Waals surface area contributed by atoms with E-state index in [1.54, 1.807) is 31.2 Å². The number of hydrogen-bond acceptors (Lipinski definition) is 5. The fourth-order valence-corrected chi connectivity index (χ4v) is 3.08. The number of carbonyl (C=O) groups excluding carboxylic acids is 2. The number of amides is 1. The van der Waals surface area contributed by atoms with Gasteiger partial charge in [-0.3, -0.25) is 9.59 Å². The second-order valence-corrected chi connectivity index (χ2v) is 6.90. The van der Waals surface area contributed by atoms with Gasteiger partial charge in [0, 0.05) is 12.6 Å². The summed E-state index contributed by atoms with van der Waals surface area (Å²) in [7, 11) is 0. The molecule has 0 fully saturated rings. The molecule has 2 atom stereocenters. The summed E-state index contributed by atoms with van der Waals surface area (Å²) in [6.07, 6.45) is 0.634. The molecule has 0 radical (unpaired) electrons. The smallest absolute Gasteiger partial charge is 0.323 e. The van der Waals surface area contributed by atoms with Crippen molar-refractivity contribution in [3.63, 3.8) is 0 Å².